The third kappa shape index (κ3) is 0.746. The maximum absolute atomic E-state index is 4.25. The lowest BCUT2D eigenvalue weighted by atomic mass is 10.3. The van der Waals surface area contributed by atoms with Gasteiger partial charge in [0.1, 0.15) is 12.4 Å². The summed E-state index contributed by atoms with van der Waals surface area (Å²) in [4.78, 5) is 0. The van der Waals surface area contributed by atoms with Crippen LogP contribution in [0.25, 0.3) is 17.3 Å². The summed E-state index contributed by atoms with van der Waals surface area (Å²) in [5.74, 6) is 0.853. The number of nitrogens with zero attached hydrogens (tertiary/aromatic N) is 6. The van der Waals surface area contributed by atoms with Crippen molar-refractivity contribution in [3.63, 3.8) is 0 Å². The molecule has 1 unspecified atom stereocenters. The van der Waals surface area contributed by atoms with E-state index in [1.165, 1.54) is 5.69 Å². The Kier molecular flexibility index (Phi) is 1.23. The Labute approximate surface area is 102 Å². The maximum atomic E-state index is 4.25. The van der Waals surface area contributed by atoms with E-state index in [0.717, 1.165) is 11.6 Å². The van der Waals surface area contributed by atoms with Crippen molar-refractivity contribution < 1.29 is 13.8 Å². The second kappa shape index (κ2) is 2.61. The first-order chi connectivity index (χ1) is 8.95. The van der Waals surface area contributed by atoms with Crippen molar-refractivity contribution >= 4 is 0 Å². The Balaban J connectivity index is 2.00. The van der Waals surface area contributed by atoms with Crippen LogP contribution >= 0.6 is 0 Å². The molecule has 0 aromatic carbocycles. The topological polar surface area (TPSA) is 42.4 Å². The van der Waals surface area contributed by atoms with Crippen LogP contribution in [0.1, 0.15) is 6.29 Å². The second-order valence-corrected chi connectivity index (χ2v) is 4.45. The van der Waals surface area contributed by atoms with E-state index in [4.69, 9.17) is 0 Å². The zero-order chi connectivity index (χ0) is 11.7. The first-order valence-electron chi connectivity index (χ1n) is 5.82. The van der Waals surface area contributed by atoms with E-state index in [2.05, 4.69) is 42.5 Å². The molecule has 3 aromatic rings. The van der Waals surface area contributed by atoms with Gasteiger partial charge < -0.3 is 0 Å². The number of pyridine rings is 1. The van der Waals surface area contributed by atoms with Gasteiger partial charge in [0.15, 0.2) is 6.20 Å². The van der Waals surface area contributed by atoms with Crippen molar-refractivity contribution in [3.8, 4) is 17.3 Å². The van der Waals surface area contributed by atoms with Gasteiger partial charge in [-0.1, -0.05) is 14.2 Å². The molecule has 3 aromatic heterocycles. The van der Waals surface area contributed by atoms with E-state index >= 15 is 0 Å². The van der Waals surface area contributed by atoms with Gasteiger partial charge in [-0.2, -0.15) is 0 Å². The maximum Gasteiger partial charge on any atom is 0.519 e. The Morgan fingerprint density at radius 1 is 1.11 bits per heavy atom. The minimum Gasteiger partial charge on any atom is -0.0965 e. The van der Waals surface area contributed by atoms with Crippen molar-refractivity contribution in [1.82, 2.24) is 14.9 Å². The van der Waals surface area contributed by atoms with E-state index in [0.29, 0.717) is 0 Å². The molecule has 0 saturated carbocycles. The molecule has 84 valence electrons. The van der Waals surface area contributed by atoms with Crippen LogP contribution in [0.5, 0.6) is 0 Å². The standard InChI is InChI=1S/C12H9N6/c1-2-5-15-9(4-1)10-8-13-14-11-16-6-3-7-17(16)12(15)18(10)11/h1-8,12H/q+3. The molecular weight excluding hydrogens is 228 g/mol. The molecule has 0 amide bonds. The molecule has 2 aliphatic heterocycles. The second-order valence-electron chi connectivity index (χ2n) is 4.45. The molecule has 0 fully saturated rings. The van der Waals surface area contributed by atoms with E-state index in [-0.39, 0.29) is 6.29 Å². The highest BCUT2D eigenvalue weighted by Crippen LogP contribution is 2.20. The predicted octanol–water partition coefficient (Wildman–Crippen LogP) is -1.02. The number of hydrogen-bond acceptors (Lipinski definition) is 2. The monoisotopic (exact) mass is 237 g/mol. The van der Waals surface area contributed by atoms with Crippen LogP contribution in [-0.2, 0) is 0 Å². The fraction of sp³-hybridized carbons (Fsp3) is 0.0833. The quantitative estimate of drug-likeness (QED) is 0.323. The van der Waals surface area contributed by atoms with Crippen LogP contribution < -0.4 is 13.8 Å². The Bertz CT molecular complexity index is 806. The lowest BCUT2D eigenvalue weighted by Gasteiger charge is -1.91. The summed E-state index contributed by atoms with van der Waals surface area (Å²) in [6.45, 7) is 0. The van der Waals surface area contributed by atoms with Crippen LogP contribution in [0.15, 0.2) is 49.1 Å². The van der Waals surface area contributed by atoms with Gasteiger partial charge in [0.25, 0.3) is 5.69 Å². The number of rotatable bonds is 0. The summed E-state index contributed by atoms with van der Waals surface area (Å²) in [6, 6.07) is 8.21. The average Bonchev–Trinajstić information content (AvgIpc) is 3.06. The molecule has 0 radical (unpaired) electrons. The molecule has 18 heavy (non-hydrogen) atoms. The summed E-state index contributed by atoms with van der Waals surface area (Å²) in [6.07, 6.45) is 8.06. The molecule has 2 aliphatic rings. The van der Waals surface area contributed by atoms with Gasteiger partial charge in [0.2, 0.25) is 11.9 Å². The zero-order valence-corrected chi connectivity index (χ0v) is 9.38. The SMILES string of the molecule is c1cc[n+]2c(c1)-c1cnnc3[n+]1C2[n+]1cccn1-3. The van der Waals surface area contributed by atoms with Crippen molar-refractivity contribution in [2.45, 2.75) is 6.29 Å². The molecule has 6 heteroatoms. The van der Waals surface area contributed by atoms with Crippen LogP contribution in [0.3, 0.4) is 0 Å². The molecule has 1 atom stereocenters. The molecule has 6 nitrogen and oxygen atoms in total. The first kappa shape index (κ1) is 8.46. The number of hydrogen-bond donors (Lipinski definition) is 0. The first-order valence-corrected chi connectivity index (χ1v) is 5.82. The van der Waals surface area contributed by atoms with Gasteiger partial charge in [0.05, 0.1) is 5.10 Å². The smallest absolute Gasteiger partial charge is 0.0965 e. The zero-order valence-electron chi connectivity index (χ0n) is 9.38. The van der Waals surface area contributed by atoms with E-state index in [9.17, 15) is 0 Å². The summed E-state index contributed by atoms with van der Waals surface area (Å²) >= 11 is 0. The number of aromatic nitrogens is 6. The minimum atomic E-state index is 0.0942. The number of fused-ring (bicyclic) bond motifs is 6. The summed E-state index contributed by atoms with van der Waals surface area (Å²) in [5.41, 5.74) is 2.26. The van der Waals surface area contributed by atoms with Gasteiger partial charge in [-0.25, -0.2) is 0 Å². The molecule has 0 saturated heterocycles. The van der Waals surface area contributed by atoms with Crippen LogP contribution in [-0.4, -0.2) is 14.9 Å². The average molecular weight is 237 g/mol. The lowest BCUT2D eigenvalue weighted by molar-refractivity contribution is -1.09. The molecular formula is C12H9N6+3. The Morgan fingerprint density at radius 2 is 2.11 bits per heavy atom. The van der Waals surface area contributed by atoms with Crippen LogP contribution in [0, 0.1) is 0 Å². The molecule has 0 N–H and O–H groups in total. The lowest BCUT2D eigenvalue weighted by Crippen LogP contribution is -2.64. The third-order valence-corrected chi connectivity index (χ3v) is 3.59. The molecule has 0 aliphatic carbocycles. The van der Waals surface area contributed by atoms with E-state index < -0.39 is 0 Å². The largest absolute Gasteiger partial charge is 0.519 e. The van der Waals surface area contributed by atoms with Gasteiger partial charge in [0, 0.05) is 27.6 Å². The molecule has 0 bridgehead atoms. The van der Waals surface area contributed by atoms with Gasteiger partial charge in [-0.05, 0) is 6.07 Å². The Hall–Kier alpha value is -2.63. The van der Waals surface area contributed by atoms with E-state index in [1.54, 1.807) is 0 Å². The highest BCUT2D eigenvalue weighted by atomic mass is 15.6. The fourth-order valence-electron chi connectivity index (χ4n) is 2.89. The van der Waals surface area contributed by atoms with Crippen LogP contribution in [0.2, 0.25) is 0 Å². The summed E-state index contributed by atoms with van der Waals surface area (Å²) < 4.78 is 8.59. The highest BCUT2D eigenvalue weighted by molar-refractivity contribution is 5.45. The van der Waals surface area contributed by atoms with Crippen molar-refractivity contribution in [1.29, 1.82) is 0 Å². The third-order valence-electron chi connectivity index (χ3n) is 3.59. The molecule has 5 rings (SSSR count). The normalized spacial score (nSPS) is 17.4. The Morgan fingerprint density at radius 3 is 3.11 bits per heavy atom. The van der Waals surface area contributed by atoms with Gasteiger partial charge in [-0.3, -0.25) is 0 Å². The predicted molar refractivity (Wildman–Crippen MR) is 57.2 cm³/mol. The van der Waals surface area contributed by atoms with Crippen molar-refractivity contribution in [2.75, 3.05) is 0 Å². The van der Waals surface area contributed by atoms with Gasteiger partial charge >= 0.3 is 12.2 Å². The van der Waals surface area contributed by atoms with Gasteiger partial charge in [-0.15, -0.1) is 0 Å². The minimum absolute atomic E-state index is 0.0942. The highest BCUT2D eigenvalue weighted by Gasteiger charge is 2.58. The van der Waals surface area contributed by atoms with Crippen molar-refractivity contribution in [3.05, 3.63) is 49.1 Å². The van der Waals surface area contributed by atoms with Crippen LogP contribution in [0.4, 0.5) is 0 Å². The van der Waals surface area contributed by atoms with Crippen molar-refractivity contribution in [2.24, 2.45) is 0 Å². The summed E-state index contributed by atoms with van der Waals surface area (Å²) in [7, 11) is 0. The van der Waals surface area contributed by atoms with E-state index in [1.807, 2.05) is 35.3 Å². The molecule has 5 heterocycles. The fourth-order valence-corrected chi connectivity index (χ4v) is 2.89. The molecule has 0 spiro atoms. The summed E-state index contributed by atoms with van der Waals surface area (Å²) in [5, 5.41) is 8.36.